The summed E-state index contributed by atoms with van der Waals surface area (Å²) in [6, 6.07) is 7.90. The van der Waals surface area contributed by atoms with E-state index in [-0.39, 0.29) is 11.2 Å². The van der Waals surface area contributed by atoms with Gasteiger partial charge in [0.25, 0.3) is 0 Å². The van der Waals surface area contributed by atoms with Gasteiger partial charge in [0, 0.05) is 0 Å². The van der Waals surface area contributed by atoms with E-state index in [2.05, 4.69) is 5.10 Å². The molecule has 0 aliphatic heterocycles. The number of rotatable bonds is 4. The maximum absolute atomic E-state index is 11.1. The Morgan fingerprint density at radius 2 is 2.21 bits per heavy atom. The fourth-order valence-electron chi connectivity index (χ4n) is 1.47. The Labute approximate surface area is 124 Å². The Bertz CT molecular complexity index is 662. The molecule has 0 aliphatic carbocycles. The average molecular weight is 311 g/mol. The summed E-state index contributed by atoms with van der Waals surface area (Å²) in [6.07, 6.45) is 0. The first-order chi connectivity index (χ1) is 8.99. The molecule has 0 unspecified atom stereocenters. The van der Waals surface area contributed by atoms with Gasteiger partial charge in [-0.25, -0.2) is 4.68 Å². The van der Waals surface area contributed by atoms with E-state index < -0.39 is 0 Å². The van der Waals surface area contributed by atoms with Gasteiger partial charge in [-0.05, 0) is 37.7 Å². The first kappa shape index (κ1) is 14.2. The Hall–Kier alpha value is -1.18. The predicted octanol–water partition coefficient (Wildman–Crippen LogP) is 2.94. The molecule has 2 N–H and O–H groups in total. The molecule has 0 saturated heterocycles. The first-order valence-corrected chi connectivity index (χ1v) is 7.71. The molecule has 0 saturated carbocycles. The van der Waals surface area contributed by atoms with Crippen LogP contribution in [0.1, 0.15) is 12.5 Å². The lowest BCUT2D eigenvalue weighted by atomic mass is 10.2. The largest absolute Gasteiger partial charge is 0.369 e. The van der Waals surface area contributed by atoms with Crippen molar-refractivity contribution in [3.63, 3.8) is 0 Å². The lowest BCUT2D eigenvalue weighted by Gasteiger charge is -2.05. The number of nitrogens with zero attached hydrogens (tertiary/aromatic N) is 2. The summed E-state index contributed by atoms with van der Waals surface area (Å²) < 4.78 is 3.14. The van der Waals surface area contributed by atoms with Crippen molar-refractivity contribution in [2.75, 3.05) is 0 Å². The summed E-state index contributed by atoms with van der Waals surface area (Å²) in [4.78, 5) is 11.1. The lowest BCUT2D eigenvalue weighted by Crippen LogP contribution is -2.22. The van der Waals surface area contributed by atoms with Gasteiger partial charge in [-0.1, -0.05) is 41.3 Å². The number of carbonyl (C=O) groups excluding carboxylic acids is 1. The number of para-hydroxylation sites is 1. The molecule has 0 fully saturated rings. The highest BCUT2D eigenvalue weighted by atomic mass is 32.2. The molecule has 7 heteroatoms. The molecule has 1 atom stereocenters. The van der Waals surface area contributed by atoms with Crippen molar-refractivity contribution in [3.8, 4) is 5.69 Å². The fourth-order valence-corrected chi connectivity index (χ4v) is 3.91. The number of nitrogens with two attached hydrogens (primary N) is 1. The standard InChI is InChI=1S/C12H13N3OS3/c1-7-5-3-4-6-9(7)15-12(17)19-11(14-15)18-8(2)10(13)16/h3-6,8H,1-2H3,(H2,13,16)/t8-/m0/s1. The van der Waals surface area contributed by atoms with Crippen molar-refractivity contribution >= 4 is 41.2 Å². The zero-order valence-corrected chi connectivity index (χ0v) is 12.9. The molecule has 0 aliphatic rings. The summed E-state index contributed by atoms with van der Waals surface area (Å²) >= 11 is 8.04. The van der Waals surface area contributed by atoms with E-state index >= 15 is 0 Å². The molecule has 1 aromatic heterocycles. The molecule has 0 bridgehead atoms. The van der Waals surface area contributed by atoms with E-state index in [1.54, 1.807) is 11.6 Å². The number of hydrogen-bond acceptors (Lipinski definition) is 5. The minimum Gasteiger partial charge on any atom is -0.369 e. The maximum atomic E-state index is 11.1. The molecular weight excluding hydrogens is 298 g/mol. The van der Waals surface area contributed by atoms with Gasteiger partial charge in [0.15, 0.2) is 8.29 Å². The van der Waals surface area contributed by atoms with Gasteiger partial charge < -0.3 is 5.73 Å². The van der Waals surface area contributed by atoms with Gasteiger partial charge in [-0.15, -0.1) is 5.10 Å². The van der Waals surface area contributed by atoms with Gasteiger partial charge in [0.1, 0.15) is 0 Å². The smallest absolute Gasteiger partial charge is 0.230 e. The van der Waals surface area contributed by atoms with Crippen LogP contribution in [0.2, 0.25) is 0 Å². The molecule has 4 nitrogen and oxygen atoms in total. The molecular formula is C12H13N3OS3. The molecule has 2 aromatic rings. The zero-order valence-electron chi connectivity index (χ0n) is 10.5. The number of carbonyl (C=O) groups is 1. The third kappa shape index (κ3) is 3.23. The van der Waals surface area contributed by atoms with Crippen molar-refractivity contribution in [3.05, 3.63) is 33.8 Å². The highest BCUT2D eigenvalue weighted by molar-refractivity contribution is 8.02. The van der Waals surface area contributed by atoms with Gasteiger partial charge in [0.2, 0.25) is 5.91 Å². The minimum absolute atomic E-state index is 0.314. The number of aromatic nitrogens is 2. The van der Waals surface area contributed by atoms with E-state index in [0.717, 1.165) is 15.6 Å². The van der Waals surface area contributed by atoms with Crippen molar-refractivity contribution < 1.29 is 4.79 Å². The van der Waals surface area contributed by atoms with E-state index in [1.165, 1.54) is 23.1 Å². The van der Waals surface area contributed by atoms with E-state index in [9.17, 15) is 4.79 Å². The molecule has 1 heterocycles. The molecule has 100 valence electrons. The third-order valence-electron chi connectivity index (χ3n) is 2.55. The quantitative estimate of drug-likeness (QED) is 0.696. The summed E-state index contributed by atoms with van der Waals surface area (Å²) in [5.74, 6) is -0.353. The number of aryl methyl sites for hydroxylation is 1. The SMILES string of the molecule is Cc1ccccc1-n1nc(S[C@@H](C)C(N)=O)sc1=S. The van der Waals surface area contributed by atoms with E-state index in [1.807, 2.05) is 31.2 Å². The van der Waals surface area contributed by atoms with E-state index in [4.69, 9.17) is 18.0 Å². The van der Waals surface area contributed by atoms with Crippen LogP contribution in [0.4, 0.5) is 0 Å². The normalized spacial score (nSPS) is 12.3. The number of primary amides is 1. The van der Waals surface area contributed by atoms with Crippen LogP contribution in [0.3, 0.4) is 0 Å². The Morgan fingerprint density at radius 1 is 1.53 bits per heavy atom. The Balaban J connectivity index is 2.35. The number of thioether (sulfide) groups is 1. The van der Waals surface area contributed by atoms with Crippen molar-refractivity contribution in [2.45, 2.75) is 23.4 Å². The summed E-state index contributed by atoms with van der Waals surface area (Å²) in [5, 5.41) is 4.14. The van der Waals surface area contributed by atoms with Crippen molar-refractivity contribution in [2.24, 2.45) is 5.73 Å². The highest BCUT2D eigenvalue weighted by Gasteiger charge is 2.15. The number of amides is 1. The summed E-state index contributed by atoms with van der Waals surface area (Å²) in [5.41, 5.74) is 7.31. The average Bonchev–Trinajstić information content (AvgIpc) is 2.70. The predicted molar refractivity (Wildman–Crippen MR) is 81.5 cm³/mol. The molecule has 19 heavy (non-hydrogen) atoms. The van der Waals surface area contributed by atoms with Crippen LogP contribution in [0, 0.1) is 10.9 Å². The first-order valence-electron chi connectivity index (χ1n) is 5.61. The van der Waals surface area contributed by atoms with Crippen LogP contribution >= 0.6 is 35.3 Å². The summed E-state index contributed by atoms with van der Waals surface area (Å²) in [6.45, 7) is 3.77. The lowest BCUT2D eigenvalue weighted by molar-refractivity contribution is -0.117. The zero-order chi connectivity index (χ0) is 14.0. The minimum atomic E-state index is -0.353. The number of benzene rings is 1. The molecule has 1 amide bonds. The monoisotopic (exact) mass is 311 g/mol. The molecule has 1 aromatic carbocycles. The third-order valence-corrected chi connectivity index (χ3v) is 4.99. The van der Waals surface area contributed by atoms with Crippen molar-refractivity contribution in [1.82, 2.24) is 9.78 Å². The number of hydrogen-bond donors (Lipinski definition) is 1. The Kier molecular flexibility index (Phi) is 4.38. The van der Waals surface area contributed by atoms with Gasteiger partial charge in [-0.2, -0.15) is 0 Å². The van der Waals surface area contributed by atoms with Crippen LogP contribution in [0.25, 0.3) is 5.69 Å². The second-order valence-corrected chi connectivity index (χ2v) is 7.21. The summed E-state index contributed by atoms with van der Waals surface area (Å²) in [7, 11) is 0. The Morgan fingerprint density at radius 3 is 2.84 bits per heavy atom. The van der Waals surface area contributed by atoms with Crippen LogP contribution < -0.4 is 5.73 Å². The van der Waals surface area contributed by atoms with Crippen LogP contribution in [0.15, 0.2) is 28.6 Å². The van der Waals surface area contributed by atoms with Crippen molar-refractivity contribution in [1.29, 1.82) is 0 Å². The van der Waals surface area contributed by atoms with Gasteiger partial charge in [-0.3, -0.25) is 4.79 Å². The van der Waals surface area contributed by atoms with Crippen LogP contribution in [-0.2, 0) is 4.79 Å². The highest BCUT2D eigenvalue weighted by Crippen LogP contribution is 2.28. The second kappa shape index (κ2) is 5.85. The van der Waals surface area contributed by atoms with Crippen LogP contribution in [-0.4, -0.2) is 20.9 Å². The van der Waals surface area contributed by atoms with E-state index in [0.29, 0.717) is 3.95 Å². The van der Waals surface area contributed by atoms with Gasteiger partial charge in [0.05, 0.1) is 10.9 Å². The molecule has 0 radical (unpaired) electrons. The topological polar surface area (TPSA) is 60.9 Å². The fraction of sp³-hybridized carbons (Fsp3) is 0.250. The molecule has 2 rings (SSSR count). The van der Waals surface area contributed by atoms with Crippen LogP contribution in [0.5, 0.6) is 0 Å². The maximum Gasteiger partial charge on any atom is 0.230 e. The second-order valence-electron chi connectivity index (χ2n) is 3.99. The molecule has 0 spiro atoms. The van der Waals surface area contributed by atoms with Gasteiger partial charge >= 0.3 is 0 Å².